The molecule has 0 spiro atoms. The fourth-order valence-corrected chi connectivity index (χ4v) is 2.26. The highest BCUT2D eigenvalue weighted by Gasteiger charge is 2.08. The summed E-state index contributed by atoms with van der Waals surface area (Å²) >= 11 is 0. The average molecular weight is 279 g/mol. The molecule has 0 amide bonds. The first-order valence-corrected chi connectivity index (χ1v) is 7.24. The summed E-state index contributed by atoms with van der Waals surface area (Å²) in [6.07, 6.45) is 1.03. The van der Waals surface area contributed by atoms with Crippen molar-refractivity contribution >= 4 is 16.7 Å². The SMILES string of the molecule is [NH3+]CCCNc1nc(-c2ccccc2)nc2ccccc12. The van der Waals surface area contributed by atoms with Crippen LogP contribution in [0.25, 0.3) is 22.3 Å². The minimum atomic E-state index is 0.756. The summed E-state index contributed by atoms with van der Waals surface area (Å²) in [6, 6.07) is 18.2. The molecule has 106 valence electrons. The predicted molar refractivity (Wildman–Crippen MR) is 85.8 cm³/mol. The van der Waals surface area contributed by atoms with Crippen molar-refractivity contribution in [1.82, 2.24) is 9.97 Å². The molecule has 1 heterocycles. The molecular formula is C17H19N4+. The van der Waals surface area contributed by atoms with E-state index in [2.05, 4.69) is 22.1 Å². The summed E-state index contributed by atoms with van der Waals surface area (Å²) in [5.74, 6) is 1.65. The third-order valence-electron chi connectivity index (χ3n) is 3.35. The second-order valence-electron chi connectivity index (χ2n) is 4.91. The Hall–Kier alpha value is -2.46. The normalized spacial score (nSPS) is 10.7. The zero-order valence-electron chi connectivity index (χ0n) is 11.9. The molecule has 0 saturated carbocycles. The molecule has 3 rings (SSSR count). The van der Waals surface area contributed by atoms with E-state index >= 15 is 0 Å². The van der Waals surface area contributed by atoms with E-state index in [0.29, 0.717) is 0 Å². The minimum absolute atomic E-state index is 0.756. The molecular weight excluding hydrogens is 260 g/mol. The predicted octanol–water partition coefficient (Wildman–Crippen LogP) is 2.34. The van der Waals surface area contributed by atoms with Crippen LogP contribution in [0.3, 0.4) is 0 Å². The Labute approximate surface area is 124 Å². The first kappa shape index (κ1) is 13.5. The van der Waals surface area contributed by atoms with Gasteiger partial charge in [-0.2, -0.15) is 0 Å². The van der Waals surface area contributed by atoms with Gasteiger partial charge in [0.1, 0.15) is 5.82 Å². The Morgan fingerprint density at radius 1 is 0.905 bits per heavy atom. The summed E-state index contributed by atoms with van der Waals surface area (Å²) in [5, 5.41) is 4.46. The van der Waals surface area contributed by atoms with Crippen LogP contribution in [0, 0.1) is 0 Å². The standard InChI is InChI=1S/C17H18N4/c18-11-6-12-19-17-14-9-4-5-10-15(14)20-16(21-17)13-7-2-1-3-8-13/h1-5,7-10H,6,11-12,18H2,(H,19,20,21)/p+1. The number of rotatable bonds is 5. The molecule has 0 fully saturated rings. The van der Waals surface area contributed by atoms with Gasteiger partial charge in [-0.15, -0.1) is 0 Å². The molecule has 2 aromatic carbocycles. The first-order chi connectivity index (χ1) is 10.4. The number of benzene rings is 2. The Bertz CT molecular complexity index is 725. The summed E-state index contributed by atoms with van der Waals surface area (Å²) in [4.78, 5) is 9.37. The Morgan fingerprint density at radius 2 is 1.67 bits per heavy atom. The highest BCUT2D eigenvalue weighted by molar-refractivity contribution is 5.90. The Balaban J connectivity index is 2.06. The van der Waals surface area contributed by atoms with Crippen LogP contribution >= 0.6 is 0 Å². The molecule has 0 aliphatic carbocycles. The monoisotopic (exact) mass is 279 g/mol. The maximum atomic E-state index is 4.70. The van der Waals surface area contributed by atoms with Crippen molar-refractivity contribution < 1.29 is 5.73 Å². The van der Waals surface area contributed by atoms with Gasteiger partial charge in [0, 0.05) is 23.9 Å². The van der Waals surface area contributed by atoms with E-state index < -0.39 is 0 Å². The second kappa shape index (κ2) is 6.33. The molecule has 0 atom stereocenters. The minimum Gasteiger partial charge on any atom is -0.369 e. The van der Waals surface area contributed by atoms with Gasteiger partial charge in [-0.25, -0.2) is 9.97 Å². The quantitative estimate of drug-likeness (QED) is 0.705. The Kier molecular flexibility index (Phi) is 4.07. The van der Waals surface area contributed by atoms with Crippen molar-refractivity contribution in [2.75, 3.05) is 18.4 Å². The molecule has 0 aliphatic heterocycles. The summed E-state index contributed by atoms with van der Waals surface area (Å²) in [5.41, 5.74) is 5.86. The van der Waals surface area contributed by atoms with E-state index in [1.54, 1.807) is 0 Å². The van der Waals surface area contributed by atoms with E-state index in [1.807, 2.05) is 48.5 Å². The molecule has 1 aromatic heterocycles. The molecule has 0 aliphatic rings. The van der Waals surface area contributed by atoms with Gasteiger partial charge in [0.2, 0.25) is 0 Å². The zero-order valence-corrected chi connectivity index (χ0v) is 11.9. The number of hydrogen-bond acceptors (Lipinski definition) is 3. The van der Waals surface area contributed by atoms with Gasteiger partial charge in [-0.05, 0) is 12.1 Å². The van der Waals surface area contributed by atoms with Crippen molar-refractivity contribution in [2.24, 2.45) is 0 Å². The highest BCUT2D eigenvalue weighted by Crippen LogP contribution is 2.24. The van der Waals surface area contributed by atoms with Crippen molar-refractivity contribution in [3.63, 3.8) is 0 Å². The number of fused-ring (bicyclic) bond motifs is 1. The van der Waals surface area contributed by atoms with E-state index in [9.17, 15) is 0 Å². The van der Waals surface area contributed by atoms with Gasteiger partial charge in [0.05, 0.1) is 12.1 Å². The summed E-state index contributed by atoms with van der Waals surface area (Å²) in [6.45, 7) is 1.79. The number of anilines is 1. The number of nitrogens with one attached hydrogen (secondary N) is 1. The Morgan fingerprint density at radius 3 is 2.48 bits per heavy atom. The third kappa shape index (κ3) is 3.01. The zero-order chi connectivity index (χ0) is 14.5. The number of aromatic nitrogens is 2. The van der Waals surface area contributed by atoms with Crippen LogP contribution in [0.1, 0.15) is 6.42 Å². The lowest BCUT2D eigenvalue weighted by Crippen LogP contribution is -2.50. The first-order valence-electron chi connectivity index (χ1n) is 7.24. The van der Waals surface area contributed by atoms with Crippen molar-refractivity contribution in [3.8, 4) is 11.4 Å². The fraction of sp³-hybridized carbons (Fsp3) is 0.176. The largest absolute Gasteiger partial charge is 0.369 e. The molecule has 4 nitrogen and oxygen atoms in total. The number of hydrogen-bond donors (Lipinski definition) is 2. The average Bonchev–Trinajstić information content (AvgIpc) is 2.55. The number of para-hydroxylation sites is 1. The lowest BCUT2D eigenvalue weighted by Gasteiger charge is -2.10. The van der Waals surface area contributed by atoms with Gasteiger partial charge in [-0.3, -0.25) is 0 Å². The summed E-state index contributed by atoms with van der Waals surface area (Å²) < 4.78 is 0. The van der Waals surface area contributed by atoms with E-state index in [0.717, 1.165) is 47.6 Å². The molecule has 0 saturated heterocycles. The second-order valence-corrected chi connectivity index (χ2v) is 4.91. The van der Waals surface area contributed by atoms with E-state index in [-0.39, 0.29) is 0 Å². The molecule has 0 radical (unpaired) electrons. The molecule has 0 bridgehead atoms. The van der Waals surface area contributed by atoms with Crippen LogP contribution in [0.5, 0.6) is 0 Å². The van der Waals surface area contributed by atoms with Crippen molar-refractivity contribution in [2.45, 2.75) is 6.42 Å². The van der Waals surface area contributed by atoms with Crippen LogP contribution in [0.15, 0.2) is 54.6 Å². The molecule has 0 unspecified atom stereocenters. The molecule has 21 heavy (non-hydrogen) atoms. The van der Waals surface area contributed by atoms with Gasteiger partial charge < -0.3 is 11.1 Å². The van der Waals surface area contributed by atoms with Crippen molar-refractivity contribution in [3.05, 3.63) is 54.6 Å². The summed E-state index contributed by atoms with van der Waals surface area (Å²) in [7, 11) is 0. The fourth-order valence-electron chi connectivity index (χ4n) is 2.26. The molecule has 3 aromatic rings. The van der Waals surface area contributed by atoms with Crippen molar-refractivity contribution in [1.29, 1.82) is 0 Å². The van der Waals surface area contributed by atoms with Crippen LogP contribution in [-0.4, -0.2) is 23.1 Å². The topological polar surface area (TPSA) is 65.5 Å². The highest BCUT2D eigenvalue weighted by atomic mass is 15.0. The van der Waals surface area contributed by atoms with E-state index in [4.69, 9.17) is 4.98 Å². The van der Waals surface area contributed by atoms with Gasteiger partial charge in [0.25, 0.3) is 0 Å². The van der Waals surface area contributed by atoms with Gasteiger partial charge in [-0.1, -0.05) is 42.5 Å². The third-order valence-corrected chi connectivity index (χ3v) is 3.35. The maximum absolute atomic E-state index is 4.70. The lowest BCUT2D eigenvalue weighted by molar-refractivity contribution is -0.367. The van der Waals surface area contributed by atoms with Crippen LogP contribution in [0.4, 0.5) is 5.82 Å². The lowest BCUT2D eigenvalue weighted by atomic mass is 10.2. The van der Waals surface area contributed by atoms with Crippen LogP contribution in [0.2, 0.25) is 0 Å². The number of nitrogens with zero attached hydrogens (tertiary/aromatic N) is 2. The van der Waals surface area contributed by atoms with Crippen LogP contribution < -0.4 is 11.1 Å². The smallest absolute Gasteiger partial charge is 0.162 e. The van der Waals surface area contributed by atoms with Crippen LogP contribution in [-0.2, 0) is 0 Å². The van der Waals surface area contributed by atoms with Gasteiger partial charge in [0.15, 0.2) is 5.82 Å². The number of quaternary nitrogens is 1. The van der Waals surface area contributed by atoms with E-state index in [1.165, 1.54) is 0 Å². The molecule has 4 heteroatoms. The maximum Gasteiger partial charge on any atom is 0.162 e. The van der Waals surface area contributed by atoms with Gasteiger partial charge >= 0.3 is 0 Å². The molecule has 4 N–H and O–H groups in total.